The first-order valence-corrected chi connectivity index (χ1v) is 9.39. The van der Waals surface area contributed by atoms with E-state index >= 15 is 0 Å². The average molecular weight is 352 g/mol. The van der Waals surface area contributed by atoms with Gasteiger partial charge >= 0.3 is 0 Å². The number of aryl methyl sites for hydroxylation is 1. The Morgan fingerprint density at radius 1 is 1.31 bits per heavy atom. The molecule has 5 heteroatoms. The van der Waals surface area contributed by atoms with E-state index in [0.29, 0.717) is 11.8 Å². The second-order valence-corrected chi connectivity index (χ2v) is 7.26. The van der Waals surface area contributed by atoms with Crippen LogP contribution in [0.15, 0.2) is 34.0 Å². The van der Waals surface area contributed by atoms with E-state index in [9.17, 15) is 4.79 Å². The first-order valence-electron chi connectivity index (χ1n) is 9.39. The van der Waals surface area contributed by atoms with Crippen LogP contribution in [0.3, 0.4) is 0 Å². The molecule has 2 N–H and O–H groups in total. The summed E-state index contributed by atoms with van der Waals surface area (Å²) in [6.45, 7) is 4.10. The molecule has 1 heterocycles. The van der Waals surface area contributed by atoms with Crippen molar-refractivity contribution in [2.75, 3.05) is 7.05 Å². The minimum atomic E-state index is 0.0731. The van der Waals surface area contributed by atoms with Crippen molar-refractivity contribution in [1.82, 2.24) is 9.55 Å². The van der Waals surface area contributed by atoms with E-state index in [0.717, 1.165) is 40.7 Å². The lowest BCUT2D eigenvalue weighted by molar-refractivity contribution is 0.345. The summed E-state index contributed by atoms with van der Waals surface area (Å²) in [5.41, 5.74) is 11.0. The molecule has 0 radical (unpaired) electrons. The summed E-state index contributed by atoms with van der Waals surface area (Å²) in [6.07, 6.45) is 11.6. The molecule has 1 saturated carbocycles. The van der Waals surface area contributed by atoms with Crippen molar-refractivity contribution >= 4 is 17.1 Å². The predicted molar refractivity (Wildman–Crippen MR) is 108 cm³/mol. The summed E-state index contributed by atoms with van der Waals surface area (Å²) >= 11 is 0. The molecule has 2 aromatic rings. The molecule has 1 aromatic heterocycles. The van der Waals surface area contributed by atoms with Gasteiger partial charge in [0.05, 0.1) is 17.2 Å². The molecule has 3 rings (SSSR count). The van der Waals surface area contributed by atoms with Gasteiger partial charge in [-0.25, -0.2) is 4.98 Å². The van der Waals surface area contributed by atoms with E-state index in [-0.39, 0.29) is 11.6 Å². The third kappa shape index (κ3) is 3.57. The molecule has 0 atom stereocenters. The molecule has 5 nitrogen and oxygen atoms in total. The Morgan fingerprint density at radius 2 is 2.04 bits per heavy atom. The highest BCUT2D eigenvalue weighted by atomic mass is 16.1. The zero-order chi connectivity index (χ0) is 18.7. The lowest BCUT2D eigenvalue weighted by atomic mass is 9.94. The topological polar surface area (TPSA) is 73.3 Å². The Labute approximate surface area is 154 Å². The number of aromatic nitrogens is 2. The second kappa shape index (κ2) is 7.85. The number of hydrogen-bond acceptors (Lipinski definition) is 4. The third-order valence-electron chi connectivity index (χ3n) is 5.55. The summed E-state index contributed by atoms with van der Waals surface area (Å²) in [4.78, 5) is 21.7. The van der Waals surface area contributed by atoms with Gasteiger partial charge in [-0.15, -0.1) is 0 Å². The number of fused-ring (bicyclic) bond motifs is 1. The van der Waals surface area contributed by atoms with Crippen LogP contribution < -0.4 is 11.3 Å². The van der Waals surface area contributed by atoms with E-state index < -0.39 is 0 Å². The van der Waals surface area contributed by atoms with Gasteiger partial charge in [0, 0.05) is 31.4 Å². The fourth-order valence-electron chi connectivity index (χ4n) is 3.86. The smallest absolute Gasteiger partial charge is 0.261 e. The van der Waals surface area contributed by atoms with Gasteiger partial charge in [0.25, 0.3) is 5.56 Å². The molecule has 26 heavy (non-hydrogen) atoms. The molecule has 138 valence electrons. The number of allylic oxidation sites excluding steroid dienone is 2. The SMILES string of the molecule is CN=CC=C(N)Cc1cc2c(=O)n(C3CCCCC3)cnc2c(C)c1C. The molecular weight excluding hydrogens is 324 g/mol. The number of benzene rings is 1. The second-order valence-electron chi connectivity index (χ2n) is 7.26. The van der Waals surface area contributed by atoms with Crippen LogP contribution in [0.4, 0.5) is 0 Å². The maximum Gasteiger partial charge on any atom is 0.261 e. The van der Waals surface area contributed by atoms with Crippen LogP contribution in [0.5, 0.6) is 0 Å². The molecule has 0 spiro atoms. The molecule has 1 aliphatic carbocycles. The normalized spacial score (nSPS) is 16.7. The van der Waals surface area contributed by atoms with Crippen LogP contribution in [-0.4, -0.2) is 22.8 Å². The predicted octanol–water partition coefficient (Wildman–Crippen LogP) is 3.60. The van der Waals surface area contributed by atoms with Gasteiger partial charge < -0.3 is 5.73 Å². The minimum absolute atomic E-state index is 0.0731. The molecule has 0 amide bonds. The number of rotatable bonds is 4. The first kappa shape index (κ1) is 18.4. The molecular formula is C21H28N4O. The van der Waals surface area contributed by atoms with Gasteiger partial charge in [-0.3, -0.25) is 14.4 Å². The lowest BCUT2D eigenvalue weighted by Crippen LogP contribution is -2.27. The fourth-order valence-corrected chi connectivity index (χ4v) is 3.86. The van der Waals surface area contributed by atoms with Gasteiger partial charge in [-0.05, 0) is 55.5 Å². The summed E-state index contributed by atoms with van der Waals surface area (Å²) < 4.78 is 1.85. The minimum Gasteiger partial charge on any atom is -0.402 e. The Hall–Kier alpha value is -2.43. The van der Waals surface area contributed by atoms with Crippen molar-refractivity contribution in [3.8, 4) is 0 Å². The van der Waals surface area contributed by atoms with Gasteiger partial charge in [0.15, 0.2) is 0 Å². The number of nitrogens with two attached hydrogens (primary N) is 1. The number of hydrogen-bond donors (Lipinski definition) is 1. The van der Waals surface area contributed by atoms with E-state index in [4.69, 9.17) is 5.73 Å². The molecule has 1 fully saturated rings. The van der Waals surface area contributed by atoms with Crippen molar-refractivity contribution in [3.05, 3.63) is 51.2 Å². The molecule has 0 unspecified atom stereocenters. The zero-order valence-corrected chi connectivity index (χ0v) is 16.0. The van der Waals surface area contributed by atoms with E-state index in [1.54, 1.807) is 19.6 Å². The van der Waals surface area contributed by atoms with Crippen molar-refractivity contribution in [3.63, 3.8) is 0 Å². The highest BCUT2D eigenvalue weighted by Crippen LogP contribution is 2.28. The summed E-state index contributed by atoms with van der Waals surface area (Å²) in [5, 5.41) is 0.702. The van der Waals surface area contributed by atoms with Crippen LogP contribution in [-0.2, 0) is 6.42 Å². The highest BCUT2D eigenvalue weighted by molar-refractivity contribution is 5.83. The molecule has 0 aliphatic heterocycles. The van der Waals surface area contributed by atoms with Gasteiger partial charge in [0.1, 0.15) is 0 Å². The zero-order valence-electron chi connectivity index (χ0n) is 16.0. The highest BCUT2D eigenvalue weighted by Gasteiger charge is 2.19. The monoisotopic (exact) mass is 352 g/mol. The molecule has 1 aromatic carbocycles. The maximum absolute atomic E-state index is 13.2. The van der Waals surface area contributed by atoms with Crippen LogP contribution >= 0.6 is 0 Å². The summed E-state index contributed by atoms with van der Waals surface area (Å²) in [7, 11) is 1.72. The Balaban J connectivity index is 2.09. The van der Waals surface area contributed by atoms with Crippen LogP contribution in [0.25, 0.3) is 10.9 Å². The first-order chi connectivity index (χ1) is 12.5. The number of aliphatic imine (C=N–C) groups is 1. The Kier molecular flexibility index (Phi) is 5.55. The molecule has 0 bridgehead atoms. The maximum atomic E-state index is 13.2. The molecule has 0 saturated heterocycles. The molecule has 1 aliphatic rings. The van der Waals surface area contributed by atoms with Crippen molar-refractivity contribution in [2.24, 2.45) is 10.7 Å². The Bertz CT molecular complexity index is 918. The van der Waals surface area contributed by atoms with E-state index in [1.165, 1.54) is 19.3 Å². The van der Waals surface area contributed by atoms with Gasteiger partial charge in [-0.2, -0.15) is 0 Å². The lowest BCUT2D eigenvalue weighted by Gasteiger charge is -2.24. The fraction of sp³-hybridized carbons (Fsp3) is 0.476. The summed E-state index contributed by atoms with van der Waals surface area (Å²) in [5.74, 6) is 0. The van der Waals surface area contributed by atoms with Gasteiger partial charge in [-0.1, -0.05) is 19.3 Å². The van der Waals surface area contributed by atoms with Crippen molar-refractivity contribution in [1.29, 1.82) is 0 Å². The van der Waals surface area contributed by atoms with Crippen LogP contribution in [0, 0.1) is 13.8 Å². The van der Waals surface area contributed by atoms with Gasteiger partial charge in [0.2, 0.25) is 0 Å². The average Bonchev–Trinajstić information content (AvgIpc) is 2.65. The quantitative estimate of drug-likeness (QED) is 0.854. The van der Waals surface area contributed by atoms with Crippen molar-refractivity contribution < 1.29 is 0 Å². The van der Waals surface area contributed by atoms with Crippen molar-refractivity contribution in [2.45, 2.75) is 58.4 Å². The van der Waals surface area contributed by atoms with E-state index in [2.05, 4.69) is 16.9 Å². The van der Waals surface area contributed by atoms with Crippen LogP contribution in [0.2, 0.25) is 0 Å². The Morgan fingerprint density at radius 3 is 2.73 bits per heavy atom. The standard InChI is InChI=1S/C21H28N4O/c1-14-15(2)20-19(12-16(14)11-17(22)9-10-23-3)21(26)25(13-24-20)18-7-5-4-6-8-18/h9-10,12-13,18H,4-8,11,22H2,1-3H3. The van der Waals surface area contributed by atoms with Crippen LogP contribution in [0.1, 0.15) is 54.8 Å². The largest absolute Gasteiger partial charge is 0.402 e. The number of nitrogens with zero attached hydrogens (tertiary/aromatic N) is 3. The summed E-state index contributed by atoms with van der Waals surface area (Å²) in [6, 6.07) is 2.26. The third-order valence-corrected chi connectivity index (χ3v) is 5.55. The van der Waals surface area contributed by atoms with E-state index in [1.807, 2.05) is 23.6 Å².